The van der Waals surface area contributed by atoms with Crippen LogP contribution < -0.4 is 10.0 Å². The van der Waals surface area contributed by atoms with Crippen molar-refractivity contribution in [1.82, 2.24) is 10.0 Å². The predicted molar refractivity (Wildman–Crippen MR) is 63.9 cm³/mol. The van der Waals surface area contributed by atoms with Crippen molar-refractivity contribution in [2.24, 2.45) is 5.92 Å². The molecule has 0 amide bonds. The quantitative estimate of drug-likeness (QED) is 0.592. The minimum Gasteiger partial charge on any atom is -0.381 e. The molecule has 16 heavy (non-hydrogen) atoms. The van der Waals surface area contributed by atoms with Gasteiger partial charge in [0.1, 0.15) is 0 Å². The summed E-state index contributed by atoms with van der Waals surface area (Å²) in [4.78, 5) is 0. The van der Waals surface area contributed by atoms with Crippen LogP contribution in [0.3, 0.4) is 0 Å². The smallest absolute Gasteiger partial charge is 0.212 e. The Labute approximate surface area is 98.0 Å². The summed E-state index contributed by atoms with van der Waals surface area (Å²) < 4.78 is 30.8. The largest absolute Gasteiger partial charge is 0.381 e. The lowest BCUT2D eigenvalue weighted by Crippen LogP contribution is -2.33. The molecule has 2 N–H and O–H groups in total. The van der Waals surface area contributed by atoms with E-state index in [1.807, 2.05) is 6.92 Å². The summed E-state index contributed by atoms with van der Waals surface area (Å²) in [6, 6.07) is 0. The molecule has 0 aromatic carbocycles. The molecule has 1 aliphatic rings. The molecule has 5 nitrogen and oxygen atoms in total. The van der Waals surface area contributed by atoms with Gasteiger partial charge < -0.3 is 10.1 Å². The first-order valence-corrected chi connectivity index (χ1v) is 7.55. The highest BCUT2D eigenvalue weighted by Crippen LogP contribution is 2.15. The number of rotatable bonds is 8. The average molecular weight is 250 g/mol. The van der Waals surface area contributed by atoms with E-state index in [0.29, 0.717) is 19.0 Å². The summed E-state index contributed by atoms with van der Waals surface area (Å²) >= 11 is 0. The van der Waals surface area contributed by atoms with Gasteiger partial charge in [0.25, 0.3) is 0 Å². The molecule has 0 aromatic rings. The molecular formula is C10H22N2O3S. The zero-order valence-corrected chi connectivity index (χ0v) is 10.7. The van der Waals surface area contributed by atoms with Gasteiger partial charge in [0, 0.05) is 26.3 Å². The maximum atomic E-state index is 11.5. The summed E-state index contributed by atoms with van der Waals surface area (Å²) in [6.45, 7) is 5.40. The van der Waals surface area contributed by atoms with Gasteiger partial charge in [0.15, 0.2) is 0 Å². The van der Waals surface area contributed by atoms with Crippen LogP contribution in [-0.4, -0.2) is 47.0 Å². The molecular weight excluding hydrogens is 228 g/mol. The van der Waals surface area contributed by atoms with Crippen LogP contribution >= 0.6 is 0 Å². The molecule has 1 atom stereocenters. The fraction of sp³-hybridized carbons (Fsp3) is 1.00. The molecule has 0 aliphatic carbocycles. The van der Waals surface area contributed by atoms with Crippen LogP contribution in [0.4, 0.5) is 0 Å². The van der Waals surface area contributed by atoms with Crippen molar-refractivity contribution < 1.29 is 13.2 Å². The summed E-state index contributed by atoms with van der Waals surface area (Å²) in [6.07, 6.45) is 1.93. The van der Waals surface area contributed by atoms with E-state index in [1.54, 1.807) is 0 Å². The van der Waals surface area contributed by atoms with E-state index in [1.165, 1.54) is 0 Å². The summed E-state index contributed by atoms with van der Waals surface area (Å²) in [5.74, 6) is 0.679. The average Bonchev–Trinajstić information content (AvgIpc) is 2.70. The van der Waals surface area contributed by atoms with E-state index in [9.17, 15) is 8.42 Å². The molecule has 1 fully saturated rings. The van der Waals surface area contributed by atoms with Crippen LogP contribution in [0.15, 0.2) is 0 Å². The SMILES string of the molecule is CCNCCS(=O)(=O)NCCC1CCOC1. The lowest BCUT2D eigenvalue weighted by molar-refractivity contribution is 0.184. The van der Waals surface area contributed by atoms with Gasteiger partial charge in [-0.25, -0.2) is 13.1 Å². The summed E-state index contributed by atoms with van der Waals surface area (Å²) in [7, 11) is -3.10. The third-order valence-corrected chi connectivity index (χ3v) is 4.08. The van der Waals surface area contributed by atoms with E-state index in [2.05, 4.69) is 10.0 Å². The molecule has 1 heterocycles. The number of hydrogen-bond donors (Lipinski definition) is 2. The van der Waals surface area contributed by atoms with Crippen LogP contribution in [0, 0.1) is 5.92 Å². The van der Waals surface area contributed by atoms with Crippen molar-refractivity contribution in [1.29, 1.82) is 0 Å². The molecule has 96 valence electrons. The third-order valence-electron chi connectivity index (χ3n) is 2.70. The molecule has 0 radical (unpaired) electrons. The number of ether oxygens (including phenoxy) is 1. The number of nitrogens with one attached hydrogen (secondary N) is 2. The molecule has 0 aromatic heterocycles. The van der Waals surface area contributed by atoms with Gasteiger partial charge in [-0.1, -0.05) is 6.92 Å². The molecule has 1 aliphatic heterocycles. The Balaban J connectivity index is 2.09. The van der Waals surface area contributed by atoms with E-state index in [4.69, 9.17) is 4.74 Å². The standard InChI is InChI=1S/C10H22N2O3S/c1-2-11-6-8-16(13,14)12-5-3-10-4-7-15-9-10/h10-12H,2-9H2,1H3. The van der Waals surface area contributed by atoms with Crippen molar-refractivity contribution in [3.63, 3.8) is 0 Å². The number of sulfonamides is 1. The van der Waals surface area contributed by atoms with Gasteiger partial charge in [-0.2, -0.15) is 0 Å². The second-order valence-electron chi connectivity index (χ2n) is 4.09. The Morgan fingerprint density at radius 1 is 1.38 bits per heavy atom. The monoisotopic (exact) mass is 250 g/mol. The van der Waals surface area contributed by atoms with E-state index >= 15 is 0 Å². The molecule has 1 unspecified atom stereocenters. The fourth-order valence-corrected chi connectivity index (χ4v) is 2.67. The zero-order valence-electron chi connectivity index (χ0n) is 9.87. The topological polar surface area (TPSA) is 67.4 Å². The second-order valence-corrected chi connectivity index (χ2v) is 6.01. The van der Waals surface area contributed by atoms with Crippen molar-refractivity contribution in [2.75, 3.05) is 38.6 Å². The minimum absolute atomic E-state index is 0.155. The zero-order chi connectivity index (χ0) is 11.9. The molecule has 0 bridgehead atoms. The van der Waals surface area contributed by atoms with Crippen molar-refractivity contribution in [3.05, 3.63) is 0 Å². The first kappa shape index (κ1) is 13.9. The van der Waals surface area contributed by atoms with Gasteiger partial charge in [-0.15, -0.1) is 0 Å². The Kier molecular flexibility index (Phi) is 6.26. The van der Waals surface area contributed by atoms with Gasteiger partial charge >= 0.3 is 0 Å². The first-order valence-electron chi connectivity index (χ1n) is 5.90. The molecule has 6 heteroatoms. The minimum atomic E-state index is -3.10. The fourth-order valence-electron chi connectivity index (χ4n) is 1.69. The van der Waals surface area contributed by atoms with Gasteiger partial charge in [-0.05, 0) is 25.3 Å². The van der Waals surface area contributed by atoms with Gasteiger partial charge in [-0.3, -0.25) is 0 Å². The highest BCUT2D eigenvalue weighted by Gasteiger charge is 2.16. The Morgan fingerprint density at radius 3 is 2.81 bits per heavy atom. The molecule has 1 saturated heterocycles. The van der Waals surface area contributed by atoms with Crippen LogP contribution in [-0.2, 0) is 14.8 Å². The van der Waals surface area contributed by atoms with Gasteiger partial charge in [0.05, 0.1) is 5.75 Å². The normalized spacial score (nSPS) is 21.4. The second kappa shape index (κ2) is 7.21. The highest BCUT2D eigenvalue weighted by atomic mass is 32.2. The van der Waals surface area contributed by atoms with Crippen molar-refractivity contribution >= 4 is 10.0 Å². The molecule has 0 saturated carbocycles. The predicted octanol–water partition coefficient (Wildman–Crippen LogP) is -0.0581. The maximum Gasteiger partial charge on any atom is 0.212 e. The van der Waals surface area contributed by atoms with Gasteiger partial charge in [0.2, 0.25) is 10.0 Å². The number of hydrogen-bond acceptors (Lipinski definition) is 4. The van der Waals surface area contributed by atoms with Crippen LogP contribution in [0.5, 0.6) is 0 Å². The van der Waals surface area contributed by atoms with Crippen LogP contribution in [0.25, 0.3) is 0 Å². The molecule has 1 rings (SSSR count). The Morgan fingerprint density at radius 2 is 2.19 bits per heavy atom. The van der Waals surface area contributed by atoms with E-state index in [0.717, 1.165) is 32.6 Å². The first-order chi connectivity index (χ1) is 7.64. The van der Waals surface area contributed by atoms with E-state index in [-0.39, 0.29) is 5.75 Å². The Hall–Kier alpha value is -0.170. The summed E-state index contributed by atoms with van der Waals surface area (Å²) in [5.41, 5.74) is 0. The summed E-state index contributed by atoms with van der Waals surface area (Å²) in [5, 5.41) is 3.00. The lowest BCUT2D eigenvalue weighted by atomic mass is 10.1. The van der Waals surface area contributed by atoms with Crippen LogP contribution in [0.2, 0.25) is 0 Å². The van der Waals surface area contributed by atoms with Crippen molar-refractivity contribution in [2.45, 2.75) is 19.8 Å². The van der Waals surface area contributed by atoms with E-state index < -0.39 is 10.0 Å². The highest BCUT2D eigenvalue weighted by molar-refractivity contribution is 7.89. The molecule has 0 spiro atoms. The van der Waals surface area contributed by atoms with Crippen LogP contribution in [0.1, 0.15) is 19.8 Å². The third kappa shape index (κ3) is 5.79. The lowest BCUT2D eigenvalue weighted by Gasteiger charge is -2.09. The maximum absolute atomic E-state index is 11.5. The Bertz CT molecular complexity index is 274. The van der Waals surface area contributed by atoms with Crippen molar-refractivity contribution in [3.8, 4) is 0 Å².